The van der Waals surface area contributed by atoms with Crippen LogP contribution in [-0.2, 0) is 4.79 Å². The number of nitrogens with one attached hydrogen (secondary N) is 3. The van der Waals surface area contributed by atoms with Crippen molar-refractivity contribution in [2.24, 2.45) is 0 Å². The number of nitrogens with zero attached hydrogens (tertiary/aromatic N) is 1. The zero-order valence-electron chi connectivity index (χ0n) is 19.2. The number of carboxylic acid groups (broad SMARTS) is 1. The molecule has 0 fully saturated rings. The number of benzene rings is 3. The molecule has 0 spiro atoms. The largest absolute Gasteiger partial charge is 0.465 e. The van der Waals surface area contributed by atoms with Crippen molar-refractivity contribution in [2.45, 2.75) is 12.0 Å². The third-order valence-electron chi connectivity index (χ3n) is 5.77. The van der Waals surface area contributed by atoms with Gasteiger partial charge in [-0.15, -0.1) is 0 Å². The number of carbonyl (C=O) groups is 2. The van der Waals surface area contributed by atoms with Gasteiger partial charge in [-0.25, -0.2) is 4.79 Å². The van der Waals surface area contributed by atoms with E-state index in [1.165, 1.54) is 0 Å². The second-order valence-electron chi connectivity index (χ2n) is 7.96. The van der Waals surface area contributed by atoms with Gasteiger partial charge in [-0.3, -0.25) is 9.78 Å². The van der Waals surface area contributed by atoms with E-state index in [1.807, 2.05) is 85.9 Å². The fourth-order valence-corrected chi connectivity index (χ4v) is 4.13. The van der Waals surface area contributed by atoms with Crippen LogP contribution in [0.15, 0.2) is 103 Å². The van der Waals surface area contributed by atoms with Crippen LogP contribution in [0.5, 0.6) is 0 Å². The van der Waals surface area contributed by atoms with Crippen molar-refractivity contribution in [1.82, 2.24) is 10.3 Å². The molecule has 0 aliphatic carbocycles. The van der Waals surface area contributed by atoms with E-state index in [2.05, 4.69) is 20.9 Å². The van der Waals surface area contributed by atoms with E-state index in [0.717, 1.165) is 27.9 Å². The Balaban J connectivity index is 1.63. The molecule has 4 N–H and O–H groups in total. The lowest BCUT2D eigenvalue weighted by atomic mass is 9.84. The highest BCUT2D eigenvalue weighted by molar-refractivity contribution is 5.98. The lowest BCUT2D eigenvalue weighted by Crippen LogP contribution is -2.47. The molecule has 0 aliphatic rings. The van der Waals surface area contributed by atoms with Gasteiger partial charge in [-0.2, -0.15) is 0 Å². The highest BCUT2D eigenvalue weighted by Gasteiger charge is 2.32. The predicted octanol–water partition coefficient (Wildman–Crippen LogP) is 5.20. The molecule has 0 saturated heterocycles. The first-order valence-electron chi connectivity index (χ1n) is 11.2. The molecule has 4 aromatic rings. The number of anilines is 2. The molecule has 1 atom stereocenters. The summed E-state index contributed by atoms with van der Waals surface area (Å²) in [7, 11) is 1.83. The zero-order valence-corrected chi connectivity index (χ0v) is 19.2. The molecule has 3 aromatic carbocycles. The summed E-state index contributed by atoms with van der Waals surface area (Å²) in [5, 5.41) is 18.0. The summed E-state index contributed by atoms with van der Waals surface area (Å²) in [6.45, 7) is 0. The van der Waals surface area contributed by atoms with E-state index in [1.54, 1.807) is 24.5 Å². The summed E-state index contributed by atoms with van der Waals surface area (Å²) in [4.78, 5) is 29.3. The van der Waals surface area contributed by atoms with Gasteiger partial charge in [0.2, 0.25) is 5.91 Å². The molecule has 7 heteroatoms. The van der Waals surface area contributed by atoms with Crippen LogP contribution in [-0.4, -0.2) is 35.2 Å². The molecule has 2 amide bonds. The Bertz CT molecular complexity index is 1240. The Morgan fingerprint density at radius 1 is 0.829 bits per heavy atom. The van der Waals surface area contributed by atoms with Gasteiger partial charge >= 0.3 is 6.09 Å². The van der Waals surface area contributed by atoms with Gasteiger partial charge in [-0.1, -0.05) is 72.8 Å². The number of aromatic nitrogens is 1. The average Bonchev–Trinajstić information content (AvgIpc) is 2.90. The van der Waals surface area contributed by atoms with E-state index >= 15 is 0 Å². The first-order chi connectivity index (χ1) is 17.1. The third-order valence-corrected chi connectivity index (χ3v) is 5.77. The van der Waals surface area contributed by atoms with Crippen molar-refractivity contribution in [3.8, 4) is 11.1 Å². The van der Waals surface area contributed by atoms with Gasteiger partial charge in [0.15, 0.2) is 0 Å². The number of rotatable bonds is 8. The predicted molar refractivity (Wildman–Crippen MR) is 138 cm³/mol. The van der Waals surface area contributed by atoms with Gasteiger partial charge in [0.25, 0.3) is 0 Å². The Morgan fingerprint density at radius 3 is 1.97 bits per heavy atom. The van der Waals surface area contributed by atoms with Gasteiger partial charge in [0.05, 0.1) is 11.9 Å². The van der Waals surface area contributed by atoms with Crippen LogP contribution in [0.25, 0.3) is 11.1 Å². The Morgan fingerprint density at radius 2 is 1.43 bits per heavy atom. The van der Waals surface area contributed by atoms with E-state index in [-0.39, 0.29) is 0 Å². The van der Waals surface area contributed by atoms with Crippen molar-refractivity contribution >= 4 is 23.4 Å². The topological polar surface area (TPSA) is 103 Å². The van der Waals surface area contributed by atoms with Crippen molar-refractivity contribution in [2.75, 3.05) is 17.7 Å². The Kier molecular flexibility index (Phi) is 7.37. The smallest absolute Gasteiger partial charge is 0.405 e. The maximum atomic E-state index is 13.4. The lowest BCUT2D eigenvalue weighted by Gasteiger charge is -2.27. The van der Waals surface area contributed by atoms with Crippen LogP contribution in [0.1, 0.15) is 17.0 Å². The molecule has 176 valence electrons. The summed E-state index contributed by atoms with van der Waals surface area (Å²) in [5.41, 5.74) is 5.07. The van der Waals surface area contributed by atoms with Crippen LogP contribution < -0.4 is 16.0 Å². The minimum absolute atomic E-state index is 0.447. The van der Waals surface area contributed by atoms with Gasteiger partial charge < -0.3 is 21.1 Å². The standard InChI is InChI=1S/C28H26N4O3/c1-29-24-18-30-17-16-23(24)19-12-14-22(15-13-19)31-27(33)26(32-28(34)35)25(20-8-4-2-5-9-20)21-10-6-3-7-11-21/h2-18,25-26,29,32H,1H3,(H,31,33)(H,34,35). The highest BCUT2D eigenvalue weighted by Crippen LogP contribution is 2.30. The van der Waals surface area contributed by atoms with Crippen LogP contribution in [0.4, 0.5) is 16.2 Å². The molecule has 35 heavy (non-hydrogen) atoms. The van der Waals surface area contributed by atoms with E-state index in [9.17, 15) is 14.7 Å². The average molecular weight is 467 g/mol. The molecule has 0 aliphatic heterocycles. The van der Waals surface area contributed by atoms with Crippen molar-refractivity contribution in [3.05, 3.63) is 115 Å². The number of hydrogen-bond acceptors (Lipinski definition) is 4. The fraction of sp³-hybridized carbons (Fsp3) is 0.107. The molecule has 1 unspecified atom stereocenters. The number of hydrogen-bond donors (Lipinski definition) is 4. The molecule has 7 nitrogen and oxygen atoms in total. The summed E-state index contributed by atoms with van der Waals surface area (Å²) < 4.78 is 0. The zero-order chi connectivity index (χ0) is 24.6. The maximum absolute atomic E-state index is 13.4. The van der Waals surface area contributed by atoms with Crippen molar-refractivity contribution in [3.63, 3.8) is 0 Å². The molecule has 1 aromatic heterocycles. The van der Waals surface area contributed by atoms with Crippen molar-refractivity contribution < 1.29 is 14.7 Å². The monoisotopic (exact) mass is 466 g/mol. The fourth-order valence-electron chi connectivity index (χ4n) is 4.13. The number of carbonyl (C=O) groups excluding carboxylic acids is 1. The van der Waals surface area contributed by atoms with Crippen LogP contribution in [0.3, 0.4) is 0 Å². The van der Waals surface area contributed by atoms with Gasteiger partial charge in [0.1, 0.15) is 6.04 Å². The second kappa shape index (κ2) is 11.0. The summed E-state index contributed by atoms with van der Waals surface area (Å²) in [5.74, 6) is -0.958. The summed E-state index contributed by atoms with van der Waals surface area (Å²) in [6, 6.07) is 27.1. The van der Waals surface area contributed by atoms with Crippen LogP contribution >= 0.6 is 0 Å². The van der Waals surface area contributed by atoms with E-state index < -0.39 is 24.0 Å². The summed E-state index contributed by atoms with van der Waals surface area (Å²) in [6.07, 6.45) is 2.21. The molecule has 0 radical (unpaired) electrons. The molecule has 0 saturated carbocycles. The van der Waals surface area contributed by atoms with Crippen LogP contribution in [0, 0.1) is 0 Å². The molecule has 4 rings (SSSR count). The first-order valence-corrected chi connectivity index (χ1v) is 11.2. The highest BCUT2D eigenvalue weighted by atomic mass is 16.4. The lowest BCUT2D eigenvalue weighted by molar-refractivity contribution is -0.118. The Hall–Kier alpha value is -4.65. The molecular weight excluding hydrogens is 440 g/mol. The van der Waals surface area contributed by atoms with Gasteiger partial charge in [0, 0.05) is 30.4 Å². The summed E-state index contributed by atoms with van der Waals surface area (Å²) >= 11 is 0. The molecule has 0 bridgehead atoms. The first kappa shape index (κ1) is 23.5. The quantitative estimate of drug-likeness (QED) is 0.286. The van der Waals surface area contributed by atoms with E-state index in [0.29, 0.717) is 5.69 Å². The second-order valence-corrected chi connectivity index (χ2v) is 7.96. The third kappa shape index (κ3) is 5.65. The Labute approximate surface area is 203 Å². The number of pyridine rings is 1. The van der Waals surface area contributed by atoms with Crippen molar-refractivity contribution in [1.29, 1.82) is 0 Å². The maximum Gasteiger partial charge on any atom is 0.405 e. The number of amides is 2. The van der Waals surface area contributed by atoms with Crippen LogP contribution in [0.2, 0.25) is 0 Å². The van der Waals surface area contributed by atoms with E-state index in [4.69, 9.17) is 0 Å². The minimum atomic E-state index is -1.27. The molecule has 1 heterocycles. The van der Waals surface area contributed by atoms with Gasteiger partial charge in [-0.05, 0) is 34.9 Å². The molecular formula is C28H26N4O3. The minimum Gasteiger partial charge on any atom is -0.465 e. The SMILES string of the molecule is CNc1cnccc1-c1ccc(NC(=O)C(NC(=O)O)C(c2ccccc2)c2ccccc2)cc1. The normalized spacial score (nSPS) is 11.5.